The lowest BCUT2D eigenvalue weighted by Gasteiger charge is -2.03. The first-order valence-corrected chi connectivity index (χ1v) is 7.46. The van der Waals surface area contributed by atoms with Crippen molar-refractivity contribution in [2.75, 3.05) is 5.32 Å². The van der Waals surface area contributed by atoms with Gasteiger partial charge in [-0.3, -0.25) is 4.40 Å². The molecule has 1 aliphatic carbocycles. The summed E-state index contributed by atoms with van der Waals surface area (Å²) in [6.45, 7) is 0.236. The summed E-state index contributed by atoms with van der Waals surface area (Å²) in [6, 6.07) is 5.48. The second kappa shape index (κ2) is 5.21. The highest BCUT2D eigenvalue weighted by Crippen LogP contribution is 2.40. The predicted octanol–water partition coefficient (Wildman–Crippen LogP) is 3.41. The molecule has 0 spiro atoms. The SMILES string of the molecule is Fc1c(CNc2cc(Cl)ncn2)nc2ccc(C3CC3)cn12. The third-order valence-electron chi connectivity index (χ3n) is 3.77. The van der Waals surface area contributed by atoms with Crippen LogP contribution in [0, 0.1) is 5.95 Å². The lowest BCUT2D eigenvalue weighted by atomic mass is 10.2. The summed E-state index contributed by atoms with van der Waals surface area (Å²) in [5.74, 6) is 0.774. The van der Waals surface area contributed by atoms with Crippen molar-refractivity contribution in [3.63, 3.8) is 0 Å². The van der Waals surface area contributed by atoms with Gasteiger partial charge >= 0.3 is 0 Å². The minimum absolute atomic E-state index is 0.236. The van der Waals surface area contributed by atoms with E-state index in [4.69, 9.17) is 11.6 Å². The molecule has 1 N–H and O–H groups in total. The minimum atomic E-state index is -0.342. The summed E-state index contributed by atoms with van der Waals surface area (Å²) in [4.78, 5) is 12.1. The van der Waals surface area contributed by atoms with Crippen molar-refractivity contribution in [3.05, 3.63) is 53.1 Å². The van der Waals surface area contributed by atoms with Crippen LogP contribution < -0.4 is 5.32 Å². The van der Waals surface area contributed by atoms with E-state index in [1.165, 1.54) is 29.1 Å². The molecule has 3 aromatic rings. The summed E-state index contributed by atoms with van der Waals surface area (Å²) in [5.41, 5.74) is 2.13. The third kappa shape index (κ3) is 2.50. The largest absolute Gasteiger partial charge is 0.364 e. The quantitative estimate of drug-likeness (QED) is 0.749. The maximum atomic E-state index is 14.5. The fourth-order valence-corrected chi connectivity index (χ4v) is 2.60. The van der Waals surface area contributed by atoms with E-state index in [0.717, 1.165) is 0 Å². The van der Waals surface area contributed by atoms with E-state index in [-0.39, 0.29) is 12.5 Å². The summed E-state index contributed by atoms with van der Waals surface area (Å²) < 4.78 is 16.0. The molecule has 0 aliphatic heterocycles. The van der Waals surface area contributed by atoms with Gasteiger partial charge in [-0.2, -0.15) is 4.39 Å². The van der Waals surface area contributed by atoms with Crippen LogP contribution in [0.2, 0.25) is 5.15 Å². The van der Waals surface area contributed by atoms with Crippen LogP contribution >= 0.6 is 11.6 Å². The van der Waals surface area contributed by atoms with Crippen molar-refractivity contribution in [2.24, 2.45) is 0 Å². The Labute approximate surface area is 131 Å². The lowest BCUT2D eigenvalue weighted by molar-refractivity contribution is 0.558. The van der Waals surface area contributed by atoms with E-state index >= 15 is 0 Å². The first-order chi connectivity index (χ1) is 10.7. The van der Waals surface area contributed by atoms with Crippen LogP contribution in [0.25, 0.3) is 5.65 Å². The topological polar surface area (TPSA) is 55.1 Å². The van der Waals surface area contributed by atoms with E-state index in [9.17, 15) is 4.39 Å². The van der Waals surface area contributed by atoms with Crippen LogP contribution in [0.5, 0.6) is 0 Å². The highest BCUT2D eigenvalue weighted by Gasteiger charge is 2.24. The normalized spacial score (nSPS) is 14.5. The predicted molar refractivity (Wildman–Crippen MR) is 81.5 cm³/mol. The molecule has 0 amide bonds. The van der Waals surface area contributed by atoms with Gasteiger partial charge in [-0.25, -0.2) is 15.0 Å². The summed E-state index contributed by atoms with van der Waals surface area (Å²) in [6.07, 6.45) is 5.57. The maximum Gasteiger partial charge on any atom is 0.223 e. The maximum absolute atomic E-state index is 14.5. The molecule has 0 unspecified atom stereocenters. The number of hydrogen-bond donors (Lipinski definition) is 1. The zero-order chi connectivity index (χ0) is 15.1. The molecule has 3 heterocycles. The fraction of sp³-hybridized carbons (Fsp3) is 0.267. The average molecular weight is 318 g/mol. The number of anilines is 1. The number of nitrogens with one attached hydrogen (secondary N) is 1. The number of halogens is 2. The highest BCUT2D eigenvalue weighted by atomic mass is 35.5. The molecule has 1 aliphatic rings. The van der Waals surface area contributed by atoms with E-state index in [0.29, 0.717) is 28.2 Å². The summed E-state index contributed by atoms with van der Waals surface area (Å²) in [7, 11) is 0. The number of hydrogen-bond acceptors (Lipinski definition) is 4. The molecule has 112 valence electrons. The van der Waals surface area contributed by atoms with Crippen LogP contribution in [0.1, 0.15) is 30.0 Å². The monoisotopic (exact) mass is 317 g/mol. The summed E-state index contributed by atoms with van der Waals surface area (Å²) >= 11 is 5.79. The van der Waals surface area contributed by atoms with Crippen molar-refractivity contribution in [2.45, 2.75) is 25.3 Å². The van der Waals surface area contributed by atoms with Gasteiger partial charge in [-0.15, -0.1) is 0 Å². The van der Waals surface area contributed by atoms with Gasteiger partial charge in [0, 0.05) is 12.3 Å². The van der Waals surface area contributed by atoms with E-state index in [2.05, 4.69) is 20.3 Å². The Morgan fingerprint density at radius 1 is 1.32 bits per heavy atom. The molecular formula is C15H13ClFN5. The van der Waals surface area contributed by atoms with E-state index in [1.54, 1.807) is 6.07 Å². The van der Waals surface area contributed by atoms with E-state index < -0.39 is 0 Å². The number of imidazole rings is 1. The Balaban J connectivity index is 1.60. The second-order valence-corrected chi connectivity index (χ2v) is 5.78. The average Bonchev–Trinajstić information content (AvgIpc) is 3.31. The second-order valence-electron chi connectivity index (χ2n) is 5.39. The molecule has 0 bridgehead atoms. The van der Waals surface area contributed by atoms with Crippen molar-refractivity contribution >= 4 is 23.1 Å². The third-order valence-corrected chi connectivity index (χ3v) is 3.98. The van der Waals surface area contributed by atoms with Gasteiger partial charge in [0.2, 0.25) is 5.95 Å². The smallest absolute Gasteiger partial charge is 0.223 e. The van der Waals surface area contributed by atoms with Crippen LogP contribution in [0.3, 0.4) is 0 Å². The van der Waals surface area contributed by atoms with Gasteiger partial charge in [0.1, 0.15) is 28.6 Å². The molecule has 7 heteroatoms. The molecular weight excluding hydrogens is 305 g/mol. The number of nitrogens with zero attached hydrogens (tertiary/aromatic N) is 4. The van der Waals surface area contributed by atoms with Crippen molar-refractivity contribution < 1.29 is 4.39 Å². The van der Waals surface area contributed by atoms with Crippen LogP contribution in [-0.2, 0) is 6.54 Å². The van der Waals surface area contributed by atoms with Gasteiger partial charge in [0.25, 0.3) is 0 Å². The molecule has 4 rings (SSSR count). The zero-order valence-corrected chi connectivity index (χ0v) is 12.4. The van der Waals surface area contributed by atoms with Crippen LogP contribution in [-0.4, -0.2) is 19.4 Å². The molecule has 3 aromatic heterocycles. The van der Waals surface area contributed by atoms with Crippen LogP contribution in [0.4, 0.5) is 10.2 Å². The Morgan fingerprint density at radius 3 is 2.95 bits per heavy atom. The Kier molecular flexibility index (Phi) is 3.18. The standard InChI is InChI=1S/C15H13ClFN5/c16-12-5-13(20-8-19-12)18-6-11-15(17)22-7-10(9-1-2-9)3-4-14(22)21-11/h3-5,7-9H,1-2,6H2,(H,18,19,20). The molecule has 0 aromatic carbocycles. The van der Waals surface area contributed by atoms with Crippen LogP contribution in [0.15, 0.2) is 30.7 Å². The number of aromatic nitrogens is 4. The molecule has 0 radical (unpaired) electrons. The summed E-state index contributed by atoms with van der Waals surface area (Å²) in [5, 5.41) is 3.34. The molecule has 0 saturated heterocycles. The Bertz CT molecular complexity index is 843. The molecule has 22 heavy (non-hydrogen) atoms. The van der Waals surface area contributed by atoms with Crippen molar-refractivity contribution in [3.8, 4) is 0 Å². The molecule has 0 atom stereocenters. The van der Waals surface area contributed by atoms with Gasteiger partial charge in [-0.05, 0) is 30.4 Å². The number of fused-ring (bicyclic) bond motifs is 1. The fourth-order valence-electron chi connectivity index (χ4n) is 2.46. The van der Waals surface area contributed by atoms with Gasteiger partial charge in [0.15, 0.2) is 0 Å². The first kappa shape index (κ1) is 13.5. The Morgan fingerprint density at radius 2 is 2.18 bits per heavy atom. The van der Waals surface area contributed by atoms with Gasteiger partial charge < -0.3 is 5.32 Å². The van der Waals surface area contributed by atoms with E-state index in [1.807, 2.05) is 18.3 Å². The Hall–Kier alpha value is -2.21. The highest BCUT2D eigenvalue weighted by molar-refractivity contribution is 6.29. The zero-order valence-electron chi connectivity index (χ0n) is 11.6. The first-order valence-electron chi connectivity index (χ1n) is 7.08. The van der Waals surface area contributed by atoms with Crippen molar-refractivity contribution in [1.82, 2.24) is 19.4 Å². The molecule has 1 saturated carbocycles. The number of rotatable bonds is 4. The molecule has 1 fully saturated rings. The lowest BCUT2D eigenvalue weighted by Crippen LogP contribution is -2.04. The van der Waals surface area contributed by atoms with Gasteiger partial charge in [0.05, 0.1) is 6.54 Å². The minimum Gasteiger partial charge on any atom is -0.364 e. The van der Waals surface area contributed by atoms with Gasteiger partial charge in [-0.1, -0.05) is 17.7 Å². The molecule has 5 nitrogen and oxygen atoms in total. The van der Waals surface area contributed by atoms with Crippen molar-refractivity contribution in [1.29, 1.82) is 0 Å². The number of pyridine rings is 1.